The standard InChI is InChI=1S/C12H24N2/c1-10-6-13-7-11(2)9-14(8-10)12-4-3-5-12/h10-13H,3-9H2,1-2H3. The molecule has 2 heteroatoms. The Morgan fingerprint density at radius 1 is 1.00 bits per heavy atom. The number of nitrogens with zero attached hydrogens (tertiary/aromatic N) is 1. The van der Waals surface area contributed by atoms with Gasteiger partial charge in [0.1, 0.15) is 0 Å². The van der Waals surface area contributed by atoms with Gasteiger partial charge in [-0.1, -0.05) is 20.3 Å². The lowest BCUT2D eigenvalue weighted by atomic mass is 9.89. The third kappa shape index (κ3) is 2.48. The summed E-state index contributed by atoms with van der Waals surface area (Å²) in [6.45, 7) is 9.76. The van der Waals surface area contributed by atoms with E-state index in [0.29, 0.717) is 0 Å². The monoisotopic (exact) mass is 196 g/mol. The van der Waals surface area contributed by atoms with E-state index in [4.69, 9.17) is 0 Å². The highest BCUT2D eigenvalue weighted by Gasteiger charge is 2.27. The molecule has 0 amide bonds. The first-order chi connectivity index (χ1) is 6.75. The summed E-state index contributed by atoms with van der Waals surface area (Å²) in [6.07, 6.45) is 4.36. The molecule has 1 heterocycles. The summed E-state index contributed by atoms with van der Waals surface area (Å²) in [4.78, 5) is 2.75. The molecule has 2 fully saturated rings. The Morgan fingerprint density at radius 3 is 2.00 bits per heavy atom. The Kier molecular flexibility index (Phi) is 3.45. The van der Waals surface area contributed by atoms with Crippen LogP contribution >= 0.6 is 0 Å². The van der Waals surface area contributed by atoms with E-state index in [9.17, 15) is 0 Å². The minimum atomic E-state index is 0.822. The predicted molar refractivity (Wildman–Crippen MR) is 60.4 cm³/mol. The van der Waals surface area contributed by atoms with E-state index in [1.165, 1.54) is 45.4 Å². The molecule has 82 valence electrons. The first-order valence-electron chi connectivity index (χ1n) is 6.20. The molecule has 1 aliphatic carbocycles. The summed E-state index contributed by atoms with van der Waals surface area (Å²) in [6, 6.07) is 0.929. The number of hydrogen-bond acceptors (Lipinski definition) is 2. The van der Waals surface area contributed by atoms with Crippen LogP contribution in [0.2, 0.25) is 0 Å². The zero-order chi connectivity index (χ0) is 9.97. The van der Waals surface area contributed by atoms with E-state index in [-0.39, 0.29) is 0 Å². The molecule has 1 N–H and O–H groups in total. The summed E-state index contributed by atoms with van der Waals surface area (Å²) >= 11 is 0. The molecule has 0 aromatic carbocycles. The predicted octanol–water partition coefficient (Wildman–Crippen LogP) is 1.72. The smallest absolute Gasteiger partial charge is 0.00955 e. The normalized spacial score (nSPS) is 37.3. The van der Waals surface area contributed by atoms with E-state index in [1.54, 1.807) is 0 Å². The maximum absolute atomic E-state index is 3.56. The van der Waals surface area contributed by atoms with Gasteiger partial charge in [0.15, 0.2) is 0 Å². The van der Waals surface area contributed by atoms with E-state index in [0.717, 1.165) is 17.9 Å². The Labute approximate surface area is 88.1 Å². The van der Waals surface area contributed by atoms with E-state index >= 15 is 0 Å². The average molecular weight is 196 g/mol. The Bertz CT molecular complexity index is 165. The first kappa shape index (κ1) is 10.4. The molecule has 0 aromatic rings. The van der Waals surface area contributed by atoms with Crippen LogP contribution in [-0.4, -0.2) is 37.1 Å². The fraction of sp³-hybridized carbons (Fsp3) is 1.00. The average Bonchev–Trinajstić information content (AvgIpc) is 1.97. The van der Waals surface area contributed by atoms with Gasteiger partial charge in [-0.15, -0.1) is 0 Å². The summed E-state index contributed by atoms with van der Waals surface area (Å²) in [7, 11) is 0. The Morgan fingerprint density at radius 2 is 1.57 bits per heavy atom. The molecular formula is C12H24N2. The van der Waals surface area contributed by atoms with E-state index in [2.05, 4.69) is 24.1 Å². The van der Waals surface area contributed by atoms with E-state index < -0.39 is 0 Å². The molecular weight excluding hydrogens is 172 g/mol. The van der Waals surface area contributed by atoms with Crippen LogP contribution in [0.1, 0.15) is 33.1 Å². The molecule has 0 aromatic heterocycles. The molecule has 1 saturated carbocycles. The summed E-state index contributed by atoms with van der Waals surface area (Å²) in [5, 5.41) is 3.56. The van der Waals surface area contributed by atoms with Crippen molar-refractivity contribution in [2.75, 3.05) is 26.2 Å². The van der Waals surface area contributed by atoms with Gasteiger partial charge in [-0.25, -0.2) is 0 Å². The Balaban J connectivity index is 1.89. The zero-order valence-corrected chi connectivity index (χ0v) is 9.63. The highest BCUT2D eigenvalue weighted by Crippen LogP contribution is 2.26. The third-order valence-electron chi connectivity index (χ3n) is 3.67. The van der Waals surface area contributed by atoms with Crippen molar-refractivity contribution in [1.82, 2.24) is 10.2 Å². The van der Waals surface area contributed by atoms with Crippen LogP contribution in [0.15, 0.2) is 0 Å². The molecule has 2 unspecified atom stereocenters. The minimum absolute atomic E-state index is 0.822. The maximum atomic E-state index is 3.56. The fourth-order valence-corrected chi connectivity index (χ4v) is 2.63. The molecule has 0 radical (unpaired) electrons. The quantitative estimate of drug-likeness (QED) is 0.687. The van der Waals surface area contributed by atoms with Crippen LogP contribution in [-0.2, 0) is 0 Å². The number of rotatable bonds is 1. The molecule has 2 aliphatic rings. The number of hydrogen-bond donors (Lipinski definition) is 1. The van der Waals surface area contributed by atoms with Crippen molar-refractivity contribution in [3.05, 3.63) is 0 Å². The van der Waals surface area contributed by atoms with Crippen molar-refractivity contribution < 1.29 is 0 Å². The molecule has 14 heavy (non-hydrogen) atoms. The molecule has 0 bridgehead atoms. The lowest BCUT2D eigenvalue weighted by Crippen LogP contribution is -2.49. The minimum Gasteiger partial charge on any atom is -0.316 e. The maximum Gasteiger partial charge on any atom is 0.00955 e. The zero-order valence-electron chi connectivity index (χ0n) is 9.63. The van der Waals surface area contributed by atoms with Gasteiger partial charge in [0, 0.05) is 19.1 Å². The van der Waals surface area contributed by atoms with Crippen molar-refractivity contribution in [2.45, 2.75) is 39.2 Å². The lowest BCUT2D eigenvalue weighted by Gasteiger charge is -2.41. The second-order valence-electron chi connectivity index (χ2n) is 5.41. The fourth-order valence-electron chi connectivity index (χ4n) is 2.63. The van der Waals surface area contributed by atoms with Gasteiger partial charge in [0.2, 0.25) is 0 Å². The van der Waals surface area contributed by atoms with E-state index in [1.807, 2.05) is 0 Å². The van der Waals surface area contributed by atoms with Crippen LogP contribution < -0.4 is 5.32 Å². The molecule has 2 atom stereocenters. The molecule has 1 aliphatic heterocycles. The van der Waals surface area contributed by atoms with Crippen LogP contribution in [0.5, 0.6) is 0 Å². The number of nitrogens with one attached hydrogen (secondary N) is 1. The van der Waals surface area contributed by atoms with Crippen molar-refractivity contribution in [3.63, 3.8) is 0 Å². The van der Waals surface area contributed by atoms with Gasteiger partial charge in [0.05, 0.1) is 0 Å². The topological polar surface area (TPSA) is 15.3 Å². The van der Waals surface area contributed by atoms with Crippen molar-refractivity contribution in [2.24, 2.45) is 11.8 Å². The van der Waals surface area contributed by atoms with Crippen molar-refractivity contribution in [1.29, 1.82) is 0 Å². The Hall–Kier alpha value is -0.0800. The van der Waals surface area contributed by atoms with Crippen molar-refractivity contribution in [3.8, 4) is 0 Å². The third-order valence-corrected chi connectivity index (χ3v) is 3.67. The largest absolute Gasteiger partial charge is 0.316 e. The first-order valence-corrected chi connectivity index (χ1v) is 6.20. The summed E-state index contributed by atoms with van der Waals surface area (Å²) in [5.41, 5.74) is 0. The lowest BCUT2D eigenvalue weighted by molar-refractivity contribution is 0.0850. The van der Waals surface area contributed by atoms with Gasteiger partial charge in [0.25, 0.3) is 0 Å². The molecule has 1 saturated heterocycles. The second kappa shape index (κ2) is 4.63. The van der Waals surface area contributed by atoms with Crippen LogP contribution in [0.4, 0.5) is 0 Å². The molecule has 0 spiro atoms. The van der Waals surface area contributed by atoms with Gasteiger partial charge >= 0.3 is 0 Å². The van der Waals surface area contributed by atoms with Crippen LogP contribution in [0.25, 0.3) is 0 Å². The van der Waals surface area contributed by atoms with Crippen LogP contribution in [0, 0.1) is 11.8 Å². The van der Waals surface area contributed by atoms with Crippen molar-refractivity contribution >= 4 is 0 Å². The second-order valence-corrected chi connectivity index (χ2v) is 5.41. The SMILES string of the molecule is CC1CNCC(C)CN(C2CCC2)C1. The highest BCUT2D eigenvalue weighted by molar-refractivity contribution is 4.83. The van der Waals surface area contributed by atoms with Gasteiger partial charge in [-0.05, 0) is 37.8 Å². The molecule has 2 nitrogen and oxygen atoms in total. The highest BCUT2D eigenvalue weighted by atomic mass is 15.2. The van der Waals surface area contributed by atoms with Gasteiger partial charge < -0.3 is 5.32 Å². The van der Waals surface area contributed by atoms with Crippen LogP contribution in [0.3, 0.4) is 0 Å². The summed E-state index contributed by atoms with van der Waals surface area (Å²) in [5.74, 6) is 1.64. The summed E-state index contributed by atoms with van der Waals surface area (Å²) < 4.78 is 0. The van der Waals surface area contributed by atoms with Gasteiger partial charge in [-0.3, -0.25) is 4.90 Å². The molecule has 2 rings (SSSR count). The van der Waals surface area contributed by atoms with Gasteiger partial charge in [-0.2, -0.15) is 0 Å².